The molecule has 0 fully saturated rings. The number of pyridine rings is 1. The van der Waals surface area contributed by atoms with Crippen molar-refractivity contribution in [3.8, 4) is 22.6 Å². The van der Waals surface area contributed by atoms with Crippen molar-refractivity contribution in [3.63, 3.8) is 0 Å². The highest BCUT2D eigenvalue weighted by Gasteiger charge is 2.26. The first kappa shape index (κ1) is 20.3. The number of anilines is 1. The first-order chi connectivity index (χ1) is 15.6. The number of aryl methyl sites for hydroxylation is 1. The number of aromatic nitrogens is 3. The molecular weight excluding hydrogens is 418 g/mol. The molecule has 158 valence electrons. The van der Waals surface area contributed by atoms with Gasteiger partial charge in [-0.2, -0.15) is 0 Å². The summed E-state index contributed by atoms with van der Waals surface area (Å²) in [6.07, 6.45) is 2.69. The van der Waals surface area contributed by atoms with E-state index in [2.05, 4.69) is 42.3 Å². The van der Waals surface area contributed by atoms with Crippen LogP contribution in [0.25, 0.3) is 22.6 Å². The quantitative estimate of drug-likeness (QED) is 0.394. The fourth-order valence-corrected chi connectivity index (χ4v) is 4.31. The Morgan fingerprint density at radius 3 is 2.44 bits per heavy atom. The van der Waals surface area contributed by atoms with Crippen LogP contribution >= 0.6 is 11.6 Å². The number of nitrogens with zero attached hydrogens (tertiary/aromatic N) is 4. The normalized spacial score (nSPS) is 14.7. The second kappa shape index (κ2) is 8.52. The van der Waals surface area contributed by atoms with Gasteiger partial charge >= 0.3 is 0 Å². The third-order valence-electron chi connectivity index (χ3n) is 5.62. The lowest BCUT2D eigenvalue weighted by Crippen LogP contribution is -2.15. The molecule has 1 aliphatic rings. The topological polar surface area (TPSA) is 63.1 Å². The molecule has 1 unspecified atom stereocenters. The molecule has 2 aromatic heterocycles. The van der Waals surface area contributed by atoms with Crippen LogP contribution in [0, 0.1) is 6.92 Å². The van der Waals surface area contributed by atoms with E-state index in [0.717, 1.165) is 34.8 Å². The highest BCUT2D eigenvalue weighted by atomic mass is 35.5. The molecule has 0 aliphatic carbocycles. The van der Waals surface area contributed by atoms with Crippen LogP contribution in [0.5, 0.6) is 0 Å². The van der Waals surface area contributed by atoms with Crippen LogP contribution in [0.3, 0.4) is 0 Å². The van der Waals surface area contributed by atoms with E-state index in [1.807, 2.05) is 48.5 Å². The molecule has 1 atom stereocenters. The van der Waals surface area contributed by atoms with Crippen LogP contribution in [0.15, 0.2) is 77.9 Å². The fraction of sp³-hybridized carbons (Fsp3) is 0.154. The van der Waals surface area contributed by atoms with Crippen molar-refractivity contribution in [3.05, 3.63) is 94.6 Å². The van der Waals surface area contributed by atoms with Crippen LogP contribution in [0.2, 0.25) is 5.02 Å². The number of fused-ring (bicyclic) bond motifs is 1. The first-order valence-corrected chi connectivity index (χ1v) is 11.0. The third kappa shape index (κ3) is 3.76. The summed E-state index contributed by atoms with van der Waals surface area (Å²) in [5.74, 6) is 1.25. The van der Waals surface area contributed by atoms with Crippen molar-refractivity contribution in [2.24, 2.45) is 4.99 Å². The minimum Gasteiger partial charge on any atom is -0.309 e. The molecular formula is C26H22ClN5. The second-order valence-electron chi connectivity index (χ2n) is 7.72. The van der Waals surface area contributed by atoms with Gasteiger partial charge in [-0.15, -0.1) is 0 Å². The lowest BCUT2D eigenvalue weighted by atomic mass is 9.97. The Balaban J connectivity index is 1.61. The van der Waals surface area contributed by atoms with Crippen molar-refractivity contribution in [1.82, 2.24) is 15.0 Å². The molecule has 0 amide bonds. The predicted octanol–water partition coefficient (Wildman–Crippen LogP) is 6.49. The molecule has 5 rings (SSSR count). The van der Waals surface area contributed by atoms with E-state index >= 15 is 0 Å². The number of hydrogen-bond donors (Lipinski definition) is 1. The van der Waals surface area contributed by atoms with Gasteiger partial charge in [0.05, 0.1) is 23.1 Å². The van der Waals surface area contributed by atoms with Gasteiger partial charge < -0.3 is 5.32 Å². The Hall–Kier alpha value is -3.57. The van der Waals surface area contributed by atoms with Gasteiger partial charge in [-0.25, -0.2) is 9.97 Å². The molecule has 4 aromatic rings. The van der Waals surface area contributed by atoms with E-state index in [1.165, 1.54) is 11.1 Å². The number of hydrogen-bond acceptors (Lipinski definition) is 5. The molecule has 0 saturated heterocycles. The van der Waals surface area contributed by atoms with Gasteiger partial charge in [0.15, 0.2) is 0 Å². The smallest absolute Gasteiger partial charge is 0.229 e. The Kier molecular flexibility index (Phi) is 5.41. The average molecular weight is 440 g/mol. The number of halogens is 1. The molecule has 0 radical (unpaired) electrons. The standard InChI is InChI=1S/C26H22ClN5/c1-3-20-24-16(2)9-8-11-18(24)25(29-20)32-26-30-22(17-10-4-5-12-19(17)27)15-23(31-26)21-13-6-7-14-28-21/h4-15,20H,3H2,1-2H3,(H,29,30,31,32). The molecule has 1 N–H and O–H groups in total. The Labute approximate surface area is 192 Å². The van der Waals surface area contributed by atoms with Crippen molar-refractivity contribution in [2.45, 2.75) is 26.3 Å². The zero-order chi connectivity index (χ0) is 22.1. The summed E-state index contributed by atoms with van der Waals surface area (Å²) in [5, 5.41) is 4.02. The minimum atomic E-state index is 0.135. The summed E-state index contributed by atoms with van der Waals surface area (Å²) in [4.78, 5) is 19.0. The molecule has 2 aromatic carbocycles. The number of amidine groups is 1. The van der Waals surface area contributed by atoms with Gasteiger partial charge in [0.1, 0.15) is 5.84 Å². The second-order valence-corrected chi connectivity index (χ2v) is 8.13. The summed E-state index contributed by atoms with van der Waals surface area (Å²) in [6.45, 7) is 4.29. The monoisotopic (exact) mass is 439 g/mol. The van der Waals surface area contributed by atoms with Gasteiger partial charge in [0.2, 0.25) is 5.95 Å². The number of rotatable bonds is 4. The Morgan fingerprint density at radius 2 is 1.66 bits per heavy atom. The van der Waals surface area contributed by atoms with E-state index < -0.39 is 0 Å². The molecule has 0 saturated carbocycles. The highest BCUT2D eigenvalue weighted by Crippen LogP contribution is 2.35. The molecule has 0 bridgehead atoms. The summed E-state index contributed by atoms with van der Waals surface area (Å²) in [7, 11) is 0. The Bertz CT molecular complexity index is 1320. The van der Waals surface area contributed by atoms with E-state index in [4.69, 9.17) is 26.6 Å². The van der Waals surface area contributed by atoms with E-state index in [1.54, 1.807) is 6.20 Å². The van der Waals surface area contributed by atoms with Crippen molar-refractivity contribution in [1.29, 1.82) is 0 Å². The summed E-state index contributed by atoms with van der Waals surface area (Å²) in [5.41, 5.74) is 6.66. The predicted molar refractivity (Wildman–Crippen MR) is 130 cm³/mol. The van der Waals surface area contributed by atoms with Crippen molar-refractivity contribution >= 4 is 23.4 Å². The fourth-order valence-electron chi connectivity index (χ4n) is 4.08. The minimum absolute atomic E-state index is 0.135. The van der Waals surface area contributed by atoms with Gasteiger partial charge in [0.25, 0.3) is 0 Å². The lowest BCUT2D eigenvalue weighted by Gasteiger charge is -2.12. The Morgan fingerprint density at radius 1 is 0.875 bits per heavy atom. The third-order valence-corrected chi connectivity index (χ3v) is 5.95. The van der Waals surface area contributed by atoms with Crippen LogP contribution in [-0.4, -0.2) is 20.8 Å². The van der Waals surface area contributed by atoms with Crippen molar-refractivity contribution < 1.29 is 0 Å². The van der Waals surface area contributed by atoms with Gasteiger partial charge in [-0.05, 0) is 48.7 Å². The molecule has 3 heterocycles. The highest BCUT2D eigenvalue weighted by molar-refractivity contribution is 6.33. The van der Waals surface area contributed by atoms with E-state index in [-0.39, 0.29) is 6.04 Å². The van der Waals surface area contributed by atoms with Crippen molar-refractivity contribution in [2.75, 3.05) is 5.32 Å². The molecule has 1 aliphatic heterocycles. The van der Waals surface area contributed by atoms with Gasteiger partial charge in [0, 0.05) is 22.3 Å². The zero-order valence-corrected chi connectivity index (χ0v) is 18.6. The number of benzene rings is 2. The zero-order valence-electron chi connectivity index (χ0n) is 17.9. The van der Waals surface area contributed by atoms with Crippen LogP contribution in [0.4, 0.5) is 5.95 Å². The van der Waals surface area contributed by atoms with Gasteiger partial charge in [-0.3, -0.25) is 9.98 Å². The summed E-state index contributed by atoms with van der Waals surface area (Å²) in [6, 6.07) is 21.8. The number of aliphatic imine (C=N–C) groups is 1. The maximum atomic E-state index is 6.48. The summed E-state index contributed by atoms with van der Waals surface area (Å²) >= 11 is 6.48. The maximum Gasteiger partial charge on any atom is 0.229 e. The average Bonchev–Trinajstić information content (AvgIpc) is 3.18. The molecule has 5 nitrogen and oxygen atoms in total. The van der Waals surface area contributed by atoms with Crippen LogP contribution in [0.1, 0.15) is 36.1 Å². The number of nitrogens with one attached hydrogen (secondary N) is 1. The summed E-state index contributed by atoms with van der Waals surface area (Å²) < 4.78 is 0. The van der Waals surface area contributed by atoms with Crippen LogP contribution < -0.4 is 5.32 Å². The largest absolute Gasteiger partial charge is 0.309 e. The molecule has 0 spiro atoms. The van der Waals surface area contributed by atoms with Crippen LogP contribution in [-0.2, 0) is 0 Å². The first-order valence-electron chi connectivity index (χ1n) is 10.6. The van der Waals surface area contributed by atoms with E-state index in [9.17, 15) is 0 Å². The van der Waals surface area contributed by atoms with E-state index in [0.29, 0.717) is 16.7 Å². The molecule has 6 heteroatoms. The lowest BCUT2D eigenvalue weighted by molar-refractivity contribution is 0.711. The maximum absolute atomic E-state index is 6.48. The van der Waals surface area contributed by atoms with Gasteiger partial charge in [-0.1, -0.05) is 61.0 Å². The SMILES string of the molecule is CCC1N=C(Nc2nc(-c3ccccn3)cc(-c3ccccc3Cl)n2)c2cccc(C)c21. The molecule has 32 heavy (non-hydrogen) atoms.